The second kappa shape index (κ2) is 10.5. The lowest BCUT2D eigenvalue weighted by molar-refractivity contribution is -0.138. The summed E-state index contributed by atoms with van der Waals surface area (Å²) in [7, 11) is -4.39. The molecule has 0 spiro atoms. The van der Waals surface area contributed by atoms with Crippen LogP contribution in [0.2, 0.25) is 0 Å². The zero-order valence-corrected chi connectivity index (χ0v) is 18.8. The number of aromatic amines is 1. The molecule has 6 atom stereocenters. The molecule has 4 N–H and O–H groups in total. The van der Waals surface area contributed by atoms with Crippen molar-refractivity contribution in [2.45, 2.75) is 43.9 Å². The fourth-order valence-corrected chi connectivity index (χ4v) is 4.87. The minimum absolute atomic E-state index is 0.111. The first kappa shape index (κ1) is 25.5. The van der Waals surface area contributed by atoms with E-state index in [1.807, 2.05) is 0 Å². The lowest BCUT2D eigenvalue weighted by atomic mass is 10.1. The molecule has 34 heavy (non-hydrogen) atoms. The molecule has 1 aromatic carbocycles. The summed E-state index contributed by atoms with van der Waals surface area (Å²) < 4.78 is 44.5. The van der Waals surface area contributed by atoms with E-state index in [2.05, 4.69) is 11.7 Å². The van der Waals surface area contributed by atoms with Gasteiger partial charge in [-0.3, -0.25) is 23.7 Å². The maximum Gasteiger partial charge on any atom is 0.460 e. The fourth-order valence-electron chi connectivity index (χ4n) is 3.21. The van der Waals surface area contributed by atoms with Crippen molar-refractivity contribution in [1.82, 2.24) is 14.6 Å². The number of halogens is 1. The van der Waals surface area contributed by atoms with Crippen LogP contribution in [-0.4, -0.2) is 50.1 Å². The Bertz CT molecular complexity index is 1200. The molecule has 0 radical (unpaired) electrons. The highest BCUT2D eigenvalue weighted by atomic mass is 31.2. The standard InChI is InChI=1S/C20H23FN3O9P/c1-3-15(17-14(25)9-16(31-17)24-10-13(21)18(26)22-20(24)29)33-34(30,23-11(2)19(27)28)32-12-7-5-4-6-8-12/h3-8,10-11,14-17,25H,1,9H2,2H3,(H,23,30)(H,27,28)(H,22,26,29)/t11-,14-,15+,16+,17-,34+/m0/s1. The predicted octanol–water partition coefficient (Wildman–Crippen LogP) is 1.15. The Morgan fingerprint density at radius 3 is 2.71 bits per heavy atom. The molecule has 0 bridgehead atoms. The number of aliphatic hydroxyl groups excluding tert-OH is 1. The van der Waals surface area contributed by atoms with Crippen LogP contribution in [0.15, 0.2) is 58.8 Å². The van der Waals surface area contributed by atoms with E-state index >= 15 is 0 Å². The molecule has 1 aliphatic heterocycles. The average Bonchev–Trinajstić information content (AvgIpc) is 3.16. The number of carboxylic acid groups (broad SMARTS) is 1. The van der Waals surface area contributed by atoms with Gasteiger partial charge in [-0.1, -0.05) is 24.3 Å². The third kappa shape index (κ3) is 5.88. The third-order valence-electron chi connectivity index (χ3n) is 4.88. The quantitative estimate of drug-likeness (QED) is 0.275. The van der Waals surface area contributed by atoms with Crippen molar-refractivity contribution in [3.63, 3.8) is 0 Å². The van der Waals surface area contributed by atoms with Gasteiger partial charge < -0.3 is 19.5 Å². The molecular formula is C20H23FN3O9P. The number of nitrogens with zero attached hydrogens (tertiary/aromatic N) is 1. The summed E-state index contributed by atoms with van der Waals surface area (Å²) in [6.45, 7) is 4.80. The lowest BCUT2D eigenvalue weighted by Gasteiger charge is -2.28. The number of aliphatic carboxylic acids is 1. The van der Waals surface area contributed by atoms with Crippen molar-refractivity contribution in [1.29, 1.82) is 0 Å². The Morgan fingerprint density at radius 1 is 1.41 bits per heavy atom. The van der Waals surface area contributed by atoms with E-state index in [1.165, 1.54) is 19.1 Å². The van der Waals surface area contributed by atoms with Crippen LogP contribution >= 0.6 is 7.75 Å². The van der Waals surface area contributed by atoms with Gasteiger partial charge in [0.15, 0.2) is 0 Å². The molecule has 2 heterocycles. The molecule has 184 valence electrons. The Labute approximate surface area is 192 Å². The molecule has 14 heteroatoms. The first-order valence-corrected chi connectivity index (χ1v) is 11.6. The van der Waals surface area contributed by atoms with Crippen molar-refractivity contribution < 1.29 is 37.7 Å². The van der Waals surface area contributed by atoms with Crippen LogP contribution in [0.3, 0.4) is 0 Å². The molecule has 1 aromatic heterocycles. The molecule has 0 aliphatic carbocycles. The molecule has 0 amide bonds. The minimum Gasteiger partial charge on any atom is -0.480 e. The average molecular weight is 499 g/mol. The van der Waals surface area contributed by atoms with Crippen LogP contribution in [0.1, 0.15) is 19.6 Å². The Balaban J connectivity index is 1.85. The van der Waals surface area contributed by atoms with Crippen LogP contribution < -0.4 is 20.9 Å². The van der Waals surface area contributed by atoms with Gasteiger partial charge >= 0.3 is 19.4 Å². The Morgan fingerprint density at radius 2 is 2.09 bits per heavy atom. The van der Waals surface area contributed by atoms with Crippen molar-refractivity contribution in [3.8, 4) is 5.75 Å². The number of H-pyrrole nitrogens is 1. The zero-order valence-electron chi connectivity index (χ0n) is 17.9. The van der Waals surface area contributed by atoms with Crippen molar-refractivity contribution in [2.75, 3.05) is 0 Å². The first-order chi connectivity index (χ1) is 16.0. The van der Waals surface area contributed by atoms with Crippen molar-refractivity contribution in [3.05, 3.63) is 75.8 Å². The summed E-state index contributed by atoms with van der Waals surface area (Å²) in [6.07, 6.45) is -3.45. The highest BCUT2D eigenvalue weighted by Gasteiger charge is 2.44. The van der Waals surface area contributed by atoms with Gasteiger partial charge in [-0.2, -0.15) is 9.48 Å². The summed E-state index contributed by atoms with van der Waals surface area (Å²) >= 11 is 0. The van der Waals surface area contributed by atoms with Gasteiger partial charge in [0.2, 0.25) is 5.82 Å². The van der Waals surface area contributed by atoms with E-state index in [4.69, 9.17) is 13.8 Å². The van der Waals surface area contributed by atoms with Crippen LogP contribution in [0.4, 0.5) is 4.39 Å². The molecule has 2 aromatic rings. The van der Waals surface area contributed by atoms with Gasteiger partial charge in [0.25, 0.3) is 5.56 Å². The molecule has 3 rings (SSSR count). The topological polar surface area (TPSA) is 169 Å². The number of nitrogens with one attached hydrogen (secondary N) is 2. The van der Waals surface area contributed by atoms with Gasteiger partial charge in [0.05, 0.1) is 12.3 Å². The van der Waals surface area contributed by atoms with Gasteiger partial charge in [-0.25, -0.2) is 9.36 Å². The minimum atomic E-state index is -4.39. The van der Waals surface area contributed by atoms with E-state index in [-0.39, 0.29) is 12.2 Å². The van der Waals surface area contributed by atoms with Gasteiger partial charge in [-0.15, -0.1) is 6.58 Å². The monoisotopic (exact) mass is 499 g/mol. The number of rotatable bonds is 10. The molecule has 1 fully saturated rings. The van der Waals surface area contributed by atoms with Crippen LogP contribution in [0, 0.1) is 5.82 Å². The molecule has 0 unspecified atom stereocenters. The third-order valence-corrected chi connectivity index (χ3v) is 6.55. The number of aliphatic hydroxyl groups is 1. The lowest BCUT2D eigenvalue weighted by Crippen LogP contribution is -2.39. The first-order valence-electron chi connectivity index (χ1n) is 10.0. The number of ether oxygens (including phenoxy) is 1. The van der Waals surface area contributed by atoms with E-state index in [1.54, 1.807) is 23.2 Å². The van der Waals surface area contributed by atoms with E-state index in [9.17, 15) is 33.6 Å². The number of aromatic nitrogens is 2. The largest absolute Gasteiger partial charge is 0.480 e. The van der Waals surface area contributed by atoms with Crippen LogP contribution in [0.25, 0.3) is 0 Å². The summed E-state index contributed by atoms with van der Waals surface area (Å²) in [4.78, 5) is 36.4. The number of benzene rings is 1. The maximum absolute atomic E-state index is 13.7. The van der Waals surface area contributed by atoms with E-state index in [0.29, 0.717) is 6.20 Å². The number of para-hydroxylation sites is 1. The van der Waals surface area contributed by atoms with Crippen molar-refractivity contribution in [2.24, 2.45) is 0 Å². The molecule has 1 saturated heterocycles. The van der Waals surface area contributed by atoms with E-state index < -0.39 is 61.4 Å². The summed E-state index contributed by atoms with van der Waals surface area (Å²) in [5.41, 5.74) is -2.17. The second-order valence-electron chi connectivity index (χ2n) is 7.40. The zero-order chi connectivity index (χ0) is 25.0. The highest BCUT2D eigenvalue weighted by molar-refractivity contribution is 7.52. The fraction of sp³-hybridized carbons (Fsp3) is 0.350. The van der Waals surface area contributed by atoms with E-state index in [0.717, 1.165) is 10.6 Å². The Hall–Kier alpha value is -3.09. The normalized spacial score (nSPS) is 23.6. The summed E-state index contributed by atoms with van der Waals surface area (Å²) in [5.74, 6) is -2.45. The molecule has 0 saturated carbocycles. The molecular weight excluding hydrogens is 476 g/mol. The molecule has 1 aliphatic rings. The highest BCUT2D eigenvalue weighted by Crippen LogP contribution is 2.48. The summed E-state index contributed by atoms with van der Waals surface area (Å²) in [6, 6.07) is 6.48. The van der Waals surface area contributed by atoms with Gasteiger partial charge in [-0.05, 0) is 19.1 Å². The van der Waals surface area contributed by atoms with Gasteiger partial charge in [0.1, 0.15) is 30.2 Å². The van der Waals surface area contributed by atoms with Gasteiger partial charge in [0, 0.05) is 6.42 Å². The van der Waals surface area contributed by atoms with Crippen LogP contribution in [-0.2, 0) is 18.6 Å². The number of carbonyl (C=O) groups is 1. The smallest absolute Gasteiger partial charge is 0.460 e. The number of hydrogen-bond donors (Lipinski definition) is 4. The SMILES string of the molecule is C=C[C@@H](O[P@@](=O)(N[C@@H](C)C(=O)O)Oc1ccccc1)[C@H]1O[C@@H](n2cc(F)c(=O)[nH]c2=O)C[C@@H]1O. The summed E-state index contributed by atoms with van der Waals surface area (Å²) in [5, 5.41) is 22.0. The number of carboxylic acids is 1. The van der Waals surface area contributed by atoms with Crippen LogP contribution in [0.5, 0.6) is 5.75 Å². The Kier molecular flexibility index (Phi) is 7.85. The second-order valence-corrected chi connectivity index (χ2v) is 9.05. The van der Waals surface area contributed by atoms with Crippen molar-refractivity contribution >= 4 is 13.7 Å². The maximum atomic E-state index is 13.7. The number of hydrogen-bond acceptors (Lipinski definition) is 8. The molecule has 12 nitrogen and oxygen atoms in total. The predicted molar refractivity (Wildman–Crippen MR) is 116 cm³/mol.